The normalized spacial score (nSPS) is 21.2. The average Bonchev–Trinajstić information content (AvgIpc) is 3.15. The number of fused-ring (bicyclic) bond motifs is 1. The lowest BCUT2D eigenvalue weighted by atomic mass is 9.88. The molecule has 32 heavy (non-hydrogen) atoms. The van der Waals surface area contributed by atoms with Crippen LogP contribution in [0.2, 0.25) is 0 Å². The first kappa shape index (κ1) is 24.0. The molecule has 0 unspecified atom stereocenters. The van der Waals surface area contributed by atoms with Crippen LogP contribution < -0.4 is 4.90 Å². The standard InChI is InChI=1S/C24H35N3O5/c1-23(2,3)21(29)27-10-8-9-15-11-16(12-25-19(15)27)17-13-26(14-18(17)20(28)31-7)22(30)32-24(4,5)6/h11-12,17-18H,8-10,13-14H2,1-7H3/t17-,18+/m0/s1. The molecule has 1 fully saturated rings. The Morgan fingerprint density at radius 3 is 2.38 bits per heavy atom. The van der Waals surface area contributed by atoms with Crippen LogP contribution in [0.1, 0.15) is 65.0 Å². The lowest BCUT2D eigenvalue weighted by Gasteiger charge is -2.33. The zero-order valence-electron chi connectivity index (χ0n) is 20.2. The van der Waals surface area contributed by atoms with Crippen molar-refractivity contribution in [1.82, 2.24) is 9.88 Å². The molecule has 1 aromatic heterocycles. The predicted octanol–water partition coefficient (Wildman–Crippen LogP) is 3.53. The summed E-state index contributed by atoms with van der Waals surface area (Å²) in [6.45, 7) is 12.4. The van der Waals surface area contributed by atoms with Gasteiger partial charge in [0.2, 0.25) is 5.91 Å². The van der Waals surface area contributed by atoms with Crippen LogP contribution in [0.3, 0.4) is 0 Å². The van der Waals surface area contributed by atoms with Crippen molar-refractivity contribution in [2.75, 3.05) is 31.6 Å². The van der Waals surface area contributed by atoms with E-state index in [-0.39, 0.29) is 24.3 Å². The van der Waals surface area contributed by atoms with Crippen molar-refractivity contribution in [3.8, 4) is 0 Å². The Bertz CT molecular complexity index is 900. The summed E-state index contributed by atoms with van der Waals surface area (Å²) < 4.78 is 10.5. The zero-order chi connectivity index (χ0) is 23.8. The van der Waals surface area contributed by atoms with E-state index in [0.29, 0.717) is 18.9 Å². The number of aryl methyl sites for hydroxylation is 1. The Morgan fingerprint density at radius 1 is 1.09 bits per heavy atom. The van der Waals surface area contributed by atoms with Crippen molar-refractivity contribution >= 4 is 23.8 Å². The Labute approximate surface area is 190 Å². The molecule has 0 radical (unpaired) electrons. The van der Waals surface area contributed by atoms with Crippen LogP contribution in [0.15, 0.2) is 12.3 Å². The molecule has 0 aromatic carbocycles. The van der Waals surface area contributed by atoms with E-state index in [4.69, 9.17) is 9.47 Å². The minimum atomic E-state index is -0.619. The van der Waals surface area contributed by atoms with Gasteiger partial charge in [0, 0.05) is 37.2 Å². The van der Waals surface area contributed by atoms with Crippen LogP contribution in [0.4, 0.5) is 10.6 Å². The number of hydrogen-bond acceptors (Lipinski definition) is 6. The summed E-state index contributed by atoms with van der Waals surface area (Å²) in [7, 11) is 1.36. The number of carbonyl (C=O) groups is 3. The minimum Gasteiger partial charge on any atom is -0.469 e. The molecule has 8 heteroatoms. The Balaban J connectivity index is 1.89. The van der Waals surface area contributed by atoms with Gasteiger partial charge in [-0.25, -0.2) is 9.78 Å². The van der Waals surface area contributed by atoms with Crippen molar-refractivity contribution < 1.29 is 23.9 Å². The summed E-state index contributed by atoms with van der Waals surface area (Å²) in [5.74, 6) is -0.368. The molecule has 2 amide bonds. The number of methoxy groups -OCH3 is 1. The first-order valence-corrected chi connectivity index (χ1v) is 11.2. The van der Waals surface area contributed by atoms with E-state index in [0.717, 1.165) is 24.0 Å². The summed E-state index contributed by atoms with van der Waals surface area (Å²) in [5.41, 5.74) is 0.748. The fraction of sp³-hybridized carbons (Fsp3) is 0.667. The van der Waals surface area contributed by atoms with E-state index in [1.165, 1.54) is 7.11 Å². The highest BCUT2D eigenvalue weighted by Crippen LogP contribution is 2.37. The molecule has 1 aromatic rings. The third kappa shape index (κ3) is 5.05. The van der Waals surface area contributed by atoms with Crippen molar-refractivity contribution in [2.24, 2.45) is 11.3 Å². The van der Waals surface area contributed by atoms with Gasteiger partial charge in [0.05, 0.1) is 13.0 Å². The number of pyridine rings is 1. The number of anilines is 1. The van der Waals surface area contributed by atoms with Gasteiger partial charge in [0.1, 0.15) is 11.4 Å². The second-order valence-electron chi connectivity index (χ2n) is 10.7. The number of nitrogens with zero attached hydrogens (tertiary/aromatic N) is 3. The fourth-order valence-corrected chi connectivity index (χ4v) is 4.29. The largest absolute Gasteiger partial charge is 0.469 e. The number of likely N-dealkylation sites (tertiary alicyclic amines) is 1. The average molecular weight is 446 g/mol. The molecule has 0 N–H and O–H groups in total. The highest BCUT2D eigenvalue weighted by molar-refractivity contribution is 5.97. The van der Waals surface area contributed by atoms with E-state index < -0.39 is 23.0 Å². The second-order valence-corrected chi connectivity index (χ2v) is 10.7. The molecule has 2 aliphatic heterocycles. The molecule has 8 nitrogen and oxygen atoms in total. The maximum Gasteiger partial charge on any atom is 0.410 e. The fourth-order valence-electron chi connectivity index (χ4n) is 4.29. The summed E-state index contributed by atoms with van der Waals surface area (Å²) >= 11 is 0. The van der Waals surface area contributed by atoms with E-state index >= 15 is 0 Å². The molecule has 3 rings (SSSR count). The smallest absolute Gasteiger partial charge is 0.410 e. The third-order valence-electron chi connectivity index (χ3n) is 5.84. The van der Waals surface area contributed by atoms with Gasteiger partial charge in [0.25, 0.3) is 0 Å². The number of amides is 2. The number of rotatable bonds is 2. The van der Waals surface area contributed by atoms with Crippen molar-refractivity contribution in [1.29, 1.82) is 0 Å². The van der Waals surface area contributed by atoms with Crippen molar-refractivity contribution in [3.63, 3.8) is 0 Å². The van der Waals surface area contributed by atoms with Gasteiger partial charge in [-0.3, -0.25) is 14.5 Å². The van der Waals surface area contributed by atoms with E-state index in [1.54, 1.807) is 16.0 Å². The highest BCUT2D eigenvalue weighted by Gasteiger charge is 2.43. The summed E-state index contributed by atoms with van der Waals surface area (Å²) in [4.78, 5) is 46.0. The van der Waals surface area contributed by atoms with Gasteiger partial charge >= 0.3 is 12.1 Å². The second kappa shape index (κ2) is 8.71. The molecule has 176 valence electrons. The van der Waals surface area contributed by atoms with E-state index in [1.807, 2.05) is 47.6 Å². The number of esters is 1. The minimum absolute atomic E-state index is 0.0445. The first-order valence-electron chi connectivity index (χ1n) is 11.2. The van der Waals surface area contributed by atoms with Crippen LogP contribution in [-0.4, -0.2) is 60.2 Å². The maximum absolute atomic E-state index is 12.9. The number of aromatic nitrogens is 1. The Morgan fingerprint density at radius 2 is 1.78 bits per heavy atom. The number of hydrogen-bond donors (Lipinski definition) is 0. The molecule has 0 bridgehead atoms. The zero-order valence-corrected chi connectivity index (χ0v) is 20.2. The van der Waals surface area contributed by atoms with Gasteiger partial charge in [-0.2, -0.15) is 0 Å². The highest BCUT2D eigenvalue weighted by atomic mass is 16.6. The number of carbonyl (C=O) groups excluding carboxylic acids is 3. The van der Waals surface area contributed by atoms with Gasteiger partial charge < -0.3 is 14.4 Å². The molecule has 2 aliphatic rings. The maximum atomic E-state index is 12.9. The molecule has 3 heterocycles. The van der Waals surface area contributed by atoms with Crippen LogP contribution in [0, 0.1) is 11.3 Å². The topological polar surface area (TPSA) is 89.0 Å². The van der Waals surface area contributed by atoms with Gasteiger partial charge in [-0.1, -0.05) is 26.8 Å². The molecule has 1 saturated heterocycles. The summed E-state index contributed by atoms with van der Waals surface area (Å²) in [6, 6.07) is 2.03. The molecule has 0 aliphatic carbocycles. The lowest BCUT2D eigenvalue weighted by Crippen LogP contribution is -2.43. The monoisotopic (exact) mass is 445 g/mol. The first-order chi connectivity index (χ1) is 14.8. The summed E-state index contributed by atoms with van der Waals surface area (Å²) in [5, 5.41) is 0. The summed E-state index contributed by atoms with van der Waals surface area (Å²) in [6.07, 6.45) is 2.96. The van der Waals surface area contributed by atoms with E-state index in [2.05, 4.69) is 4.98 Å². The molecule has 0 spiro atoms. The quantitative estimate of drug-likeness (QED) is 0.647. The molecular formula is C24H35N3O5. The van der Waals surface area contributed by atoms with Crippen LogP contribution >= 0.6 is 0 Å². The molecule has 0 saturated carbocycles. The van der Waals surface area contributed by atoms with E-state index in [9.17, 15) is 14.4 Å². The van der Waals surface area contributed by atoms with Gasteiger partial charge in [0.15, 0.2) is 0 Å². The van der Waals surface area contributed by atoms with Gasteiger partial charge in [-0.05, 0) is 44.7 Å². The van der Waals surface area contributed by atoms with Gasteiger partial charge in [-0.15, -0.1) is 0 Å². The predicted molar refractivity (Wildman–Crippen MR) is 120 cm³/mol. The molecule has 2 atom stereocenters. The Kier molecular flexibility index (Phi) is 6.54. The van der Waals surface area contributed by atoms with Crippen LogP contribution in [0.5, 0.6) is 0 Å². The third-order valence-corrected chi connectivity index (χ3v) is 5.84. The van der Waals surface area contributed by atoms with Crippen molar-refractivity contribution in [2.45, 2.75) is 65.9 Å². The lowest BCUT2D eigenvalue weighted by molar-refractivity contribution is -0.145. The number of ether oxygens (including phenoxy) is 2. The SMILES string of the molecule is COC(=O)[C@@H]1CN(C(=O)OC(C)(C)C)C[C@H]1c1cnc2c(c1)CCCN2C(=O)C(C)(C)C. The molecular weight excluding hydrogens is 410 g/mol. The Hall–Kier alpha value is -2.64. The van der Waals surface area contributed by atoms with Crippen LogP contribution in [-0.2, 0) is 25.5 Å². The van der Waals surface area contributed by atoms with Crippen LogP contribution in [0.25, 0.3) is 0 Å². The van der Waals surface area contributed by atoms with Crippen molar-refractivity contribution in [3.05, 3.63) is 23.4 Å².